The summed E-state index contributed by atoms with van der Waals surface area (Å²) in [4.78, 5) is 16.5. The molecule has 2 aromatic heterocycles. The predicted molar refractivity (Wildman–Crippen MR) is 116 cm³/mol. The molecule has 2 N–H and O–H groups in total. The van der Waals surface area contributed by atoms with Gasteiger partial charge in [0, 0.05) is 12.2 Å². The molecule has 9 nitrogen and oxygen atoms in total. The van der Waals surface area contributed by atoms with Crippen LogP contribution in [0.4, 0.5) is 11.4 Å². The number of hydrogen-bond donors (Lipinski definition) is 2. The van der Waals surface area contributed by atoms with Crippen LogP contribution in [0, 0.1) is 13.8 Å². The highest BCUT2D eigenvalue weighted by molar-refractivity contribution is 7.92. The molecule has 162 valence electrons. The van der Waals surface area contributed by atoms with Crippen LogP contribution in [0.25, 0.3) is 0 Å². The van der Waals surface area contributed by atoms with Gasteiger partial charge in [-0.15, -0.1) is 0 Å². The number of nitrogens with zero attached hydrogens (tertiary/aromatic N) is 3. The maximum atomic E-state index is 13.1. The number of carbonyl (C=O) groups excluding carboxylic acids is 1. The molecule has 0 atom stereocenters. The lowest BCUT2D eigenvalue weighted by Crippen LogP contribution is -2.18. The van der Waals surface area contributed by atoms with Crippen molar-refractivity contribution in [2.24, 2.45) is 0 Å². The number of pyridine rings is 1. The van der Waals surface area contributed by atoms with E-state index in [4.69, 9.17) is 4.74 Å². The SMILES string of the molecule is COc1ncc(NC(=O)c2cc3n(n2)CCC3)cc1S(=O)(=O)Nc1c(C)cccc1C. The van der Waals surface area contributed by atoms with Crippen molar-refractivity contribution < 1.29 is 17.9 Å². The summed E-state index contributed by atoms with van der Waals surface area (Å²) in [6.07, 6.45) is 3.25. The number of fused-ring (bicyclic) bond motifs is 1. The standard InChI is InChI=1S/C21H23N5O4S/c1-13-6-4-7-14(2)19(13)25-31(28,29)18-10-15(12-22-21(18)30-3)23-20(27)17-11-16-8-5-9-26(16)24-17/h4,6-7,10-12,25H,5,8-9H2,1-3H3,(H,23,27). The number of sulfonamides is 1. The van der Waals surface area contributed by atoms with E-state index in [1.807, 2.05) is 36.7 Å². The van der Waals surface area contributed by atoms with Gasteiger partial charge in [0.15, 0.2) is 10.6 Å². The van der Waals surface area contributed by atoms with E-state index in [1.54, 1.807) is 6.07 Å². The lowest BCUT2D eigenvalue weighted by Gasteiger charge is -2.15. The molecule has 1 aliphatic rings. The molecule has 4 rings (SSSR count). The minimum absolute atomic E-state index is 0.0716. The summed E-state index contributed by atoms with van der Waals surface area (Å²) < 4.78 is 35.8. The largest absolute Gasteiger partial charge is 0.480 e. The average molecular weight is 442 g/mol. The van der Waals surface area contributed by atoms with E-state index in [2.05, 4.69) is 20.1 Å². The molecule has 0 spiro atoms. The molecule has 10 heteroatoms. The number of carbonyl (C=O) groups is 1. The van der Waals surface area contributed by atoms with Crippen LogP contribution in [0.3, 0.4) is 0 Å². The van der Waals surface area contributed by atoms with Crippen molar-refractivity contribution in [2.75, 3.05) is 17.1 Å². The van der Waals surface area contributed by atoms with Gasteiger partial charge in [-0.25, -0.2) is 13.4 Å². The molecule has 3 aromatic rings. The van der Waals surface area contributed by atoms with Crippen LogP contribution in [0.5, 0.6) is 5.88 Å². The number of benzene rings is 1. The Balaban J connectivity index is 1.63. The Bertz CT molecular complexity index is 1230. The third kappa shape index (κ3) is 4.11. The van der Waals surface area contributed by atoms with Crippen LogP contribution in [-0.4, -0.2) is 36.2 Å². The number of hydrogen-bond acceptors (Lipinski definition) is 6. The Morgan fingerprint density at radius 2 is 1.94 bits per heavy atom. The fourth-order valence-corrected chi connectivity index (χ4v) is 4.93. The third-order valence-corrected chi connectivity index (χ3v) is 6.52. The summed E-state index contributed by atoms with van der Waals surface area (Å²) in [7, 11) is -2.69. The van der Waals surface area contributed by atoms with Crippen LogP contribution >= 0.6 is 0 Å². The van der Waals surface area contributed by atoms with Gasteiger partial charge >= 0.3 is 0 Å². The van der Waals surface area contributed by atoms with Crippen molar-refractivity contribution in [1.82, 2.24) is 14.8 Å². The fourth-order valence-electron chi connectivity index (χ4n) is 3.58. The topological polar surface area (TPSA) is 115 Å². The van der Waals surface area contributed by atoms with Gasteiger partial charge in [0.2, 0.25) is 5.88 Å². The highest BCUT2D eigenvalue weighted by Gasteiger charge is 2.24. The second-order valence-corrected chi connectivity index (χ2v) is 9.06. The lowest BCUT2D eigenvalue weighted by atomic mass is 10.1. The second-order valence-electron chi connectivity index (χ2n) is 7.41. The van der Waals surface area contributed by atoms with E-state index in [-0.39, 0.29) is 22.2 Å². The summed E-state index contributed by atoms with van der Waals surface area (Å²) in [5.74, 6) is -0.502. The number of anilines is 2. The number of rotatable bonds is 6. The van der Waals surface area contributed by atoms with Gasteiger partial charge in [-0.05, 0) is 49.9 Å². The van der Waals surface area contributed by atoms with E-state index in [9.17, 15) is 13.2 Å². The summed E-state index contributed by atoms with van der Waals surface area (Å²) in [5, 5.41) is 6.97. The monoisotopic (exact) mass is 441 g/mol. The van der Waals surface area contributed by atoms with Gasteiger partial charge in [-0.3, -0.25) is 14.2 Å². The van der Waals surface area contributed by atoms with E-state index in [1.165, 1.54) is 19.4 Å². The van der Waals surface area contributed by atoms with Crippen molar-refractivity contribution in [3.63, 3.8) is 0 Å². The Hall–Kier alpha value is -3.40. The molecular formula is C21H23N5O4S. The summed E-state index contributed by atoms with van der Waals surface area (Å²) >= 11 is 0. The molecule has 0 unspecified atom stereocenters. The highest BCUT2D eigenvalue weighted by atomic mass is 32.2. The maximum Gasteiger partial charge on any atom is 0.276 e. The molecule has 0 saturated carbocycles. The quantitative estimate of drug-likeness (QED) is 0.608. The zero-order chi connectivity index (χ0) is 22.2. The van der Waals surface area contributed by atoms with E-state index < -0.39 is 15.9 Å². The first-order chi connectivity index (χ1) is 14.8. The van der Waals surface area contributed by atoms with E-state index >= 15 is 0 Å². The van der Waals surface area contributed by atoms with Crippen molar-refractivity contribution >= 4 is 27.3 Å². The number of amides is 1. The summed E-state index contributed by atoms with van der Waals surface area (Å²) in [6.45, 7) is 4.43. The number of aromatic nitrogens is 3. The second kappa shape index (κ2) is 8.03. The minimum atomic E-state index is -4.03. The Kier molecular flexibility index (Phi) is 5.40. The molecule has 0 bridgehead atoms. The van der Waals surface area contributed by atoms with Gasteiger partial charge in [-0.1, -0.05) is 18.2 Å². The number of methoxy groups -OCH3 is 1. The first-order valence-corrected chi connectivity index (χ1v) is 11.3. The molecule has 31 heavy (non-hydrogen) atoms. The van der Waals surface area contributed by atoms with Gasteiger partial charge in [-0.2, -0.15) is 5.10 Å². The number of para-hydroxylation sites is 1. The molecular weight excluding hydrogens is 418 g/mol. The lowest BCUT2D eigenvalue weighted by molar-refractivity contribution is 0.102. The maximum absolute atomic E-state index is 13.1. The third-order valence-electron chi connectivity index (χ3n) is 5.18. The Morgan fingerprint density at radius 3 is 2.61 bits per heavy atom. The van der Waals surface area contributed by atoms with Crippen LogP contribution in [0.1, 0.15) is 33.7 Å². The molecule has 0 aliphatic carbocycles. The Morgan fingerprint density at radius 1 is 1.19 bits per heavy atom. The molecule has 1 amide bonds. The Labute approximate surface area is 180 Å². The van der Waals surface area contributed by atoms with Gasteiger partial charge in [0.05, 0.1) is 24.7 Å². The molecule has 0 saturated heterocycles. The smallest absolute Gasteiger partial charge is 0.276 e. The molecule has 0 radical (unpaired) electrons. The van der Waals surface area contributed by atoms with E-state index in [0.717, 1.165) is 36.2 Å². The molecule has 0 fully saturated rings. The molecule has 1 aliphatic heterocycles. The predicted octanol–water partition coefficient (Wildman–Crippen LogP) is 2.90. The minimum Gasteiger partial charge on any atom is -0.480 e. The van der Waals surface area contributed by atoms with Crippen LogP contribution < -0.4 is 14.8 Å². The van der Waals surface area contributed by atoms with Gasteiger partial charge < -0.3 is 10.1 Å². The first kappa shape index (κ1) is 20.9. The number of aryl methyl sites for hydroxylation is 4. The number of nitrogens with one attached hydrogen (secondary N) is 2. The van der Waals surface area contributed by atoms with E-state index in [0.29, 0.717) is 5.69 Å². The van der Waals surface area contributed by atoms with Crippen molar-refractivity contribution in [3.05, 3.63) is 59.0 Å². The van der Waals surface area contributed by atoms with Crippen molar-refractivity contribution in [1.29, 1.82) is 0 Å². The first-order valence-electron chi connectivity index (χ1n) is 9.79. The number of ether oxygens (including phenoxy) is 1. The molecule has 1 aromatic carbocycles. The fraction of sp³-hybridized carbons (Fsp3) is 0.286. The summed E-state index contributed by atoms with van der Waals surface area (Å²) in [6, 6.07) is 8.56. The molecule has 3 heterocycles. The van der Waals surface area contributed by atoms with Crippen LogP contribution in [-0.2, 0) is 23.0 Å². The van der Waals surface area contributed by atoms with Crippen molar-refractivity contribution in [2.45, 2.75) is 38.1 Å². The van der Waals surface area contributed by atoms with Crippen molar-refractivity contribution in [3.8, 4) is 5.88 Å². The normalized spacial score (nSPS) is 13.0. The highest BCUT2D eigenvalue weighted by Crippen LogP contribution is 2.29. The van der Waals surface area contributed by atoms with Crippen LogP contribution in [0.2, 0.25) is 0 Å². The van der Waals surface area contributed by atoms with Gasteiger partial charge in [0.25, 0.3) is 15.9 Å². The summed E-state index contributed by atoms with van der Waals surface area (Å²) in [5.41, 5.74) is 3.58. The zero-order valence-electron chi connectivity index (χ0n) is 17.5. The average Bonchev–Trinajstić information content (AvgIpc) is 3.33. The van der Waals surface area contributed by atoms with Crippen LogP contribution in [0.15, 0.2) is 41.4 Å². The zero-order valence-corrected chi connectivity index (χ0v) is 18.3. The van der Waals surface area contributed by atoms with Gasteiger partial charge in [0.1, 0.15) is 0 Å².